The highest BCUT2D eigenvalue weighted by Gasteiger charge is 2.37. The zero-order valence-corrected chi connectivity index (χ0v) is 26.2. The van der Waals surface area contributed by atoms with Crippen LogP contribution in [0.3, 0.4) is 0 Å². The molecule has 4 aromatic rings. The molecule has 2 atom stereocenters. The van der Waals surface area contributed by atoms with Crippen molar-refractivity contribution in [2.24, 2.45) is 0 Å². The smallest absolute Gasteiger partial charge is 0.318 e. The van der Waals surface area contributed by atoms with Crippen LogP contribution < -0.4 is 15.0 Å². The molecule has 8 heteroatoms. The van der Waals surface area contributed by atoms with Gasteiger partial charge >= 0.3 is 6.03 Å². The molecule has 0 spiro atoms. The van der Waals surface area contributed by atoms with Crippen molar-refractivity contribution < 1.29 is 14.3 Å². The summed E-state index contributed by atoms with van der Waals surface area (Å²) in [6.07, 6.45) is 3.78. The molecule has 2 aliphatic rings. The molecule has 1 saturated heterocycles. The van der Waals surface area contributed by atoms with Crippen molar-refractivity contribution in [3.05, 3.63) is 95.2 Å². The van der Waals surface area contributed by atoms with E-state index in [2.05, 4.69) is 52.5 Å². The van der Waals surface area contributed by atoms with Crippen molar-refractivity contribution in [3.63, 3.8) is 0 Å². The van der Waals surface area contributed by atoms with Gasteiger partial charge in [0.15, 0.2) is 0 Å². The van der Waals surface area contributed by atoms with Crippen molar-refractivity contribution in [1.82, 2.24) is 20.1 Å². The minimum atomic E-state index is -0.765. The summed E-state index contributed by atoms with van der Waals surface area (Å²) in [4.78, 5) is 37.6. The lowest BCUT2D eigenvalue weighted by Crippen LogP contribution is -2.56. The van der Waals surface area contributed by atoms with E-state index in [4.69, 9.17) is 4.74 Å². The zero-order valence-electron chi connectivity index (χ0n) is 26.2. The van der Waals surface area contributed by atoms with Gasteiger partial charge in [0.2, 0.25) is 5.91 Å². The molecular weight excluding hydrogens is 550 g/mol. The van der Waals surface area contributed by atoms with Crippen molar-refractivity contribution >= 4 is 28.5 Å². The Morgan fingerprint density at radius 3 is 2.55 bits per heavy atom. The number of para-hydroxylation sites is 1. The van der Waals surface area contributed by atoms with Gasteiger partial charge in [0.05, 0.1) is 12.2 Å². The van der Waals surface area contributed by atoms with E-state index < -0.39 is 6.04 Å². The van der Waals surface area contributed by atoms with Gasteiger partial charge < -0.3 is 29.7 Å². The number of amides is 3. The summed E-state index contributed by atoms with van der Waals surface area (Å²) in [5.41, 5.74) is 6.53. The zero-order chi connectivity index (χ0) is 30.8. The normalized spacial score (nSPS) is 16.8. The molecule has 6 rings (SSSR count). The average Bonchev–Trinajstić information content (AvgIpc) is 3.47. The van der Waals surface area contributed by atoms with Crippen LogP contribution in [0.15, 0.2) is 72.9 Å². The van der Waals surface area contributed by atoms with Gasteiger partial charge in [-0.25, -0.2) is 4.79 Å². The molecule has 2 N–H and O–H groups in total. The molecule has 230 valence electrons. The molecule has 3 aromatic carbocycles. The first-order valence-electron chi connectivity index (χ1n) is 15.7. The second kappa shape index (κ2) is 12.7. The summed E-state index contributed by atoms with van der Waals surface area (Å²) < 4.78 is 5.96. The number of piperidine rings is 1. The van der Waals surface area contributed by atoms with Gasteiger partial charge in [-0.15, -0.1) is 0 Å². The van der Waals surface area contributed by atoms with Crippen LogP contribution in [0.4, 0.5) is 10.5 Å². The number of nitrogens with one attached hydrogen (secondary N) is 2. The molecule has 0 bridgehead atoms. The summed E-state index contributed by atoms with van der Waals surface area (Å²) >= 11 is 0. The number of ether oxygens (including phenoxy) is 1. The highest BCUT2D eigenvalue weighted by Crippen LogP contribution is 2.36. The molecule has 2 aliphatic heterocycles. The molecule has 8 nitrogen and oxygen atoms in total. The number of fused-ring (bicyclic) bond motifs is 2. The van der Waals surface area contributed by atoms with Gasteiger partial charge in [0, 0.05) is 42.7 Å². The first kappa shape index (κ1) is 29.8. The van der Waals surface area contributed by atoms with E-state index in [0.29, 0.717) is 37.9 Å². The lowest BCUT2D eigenvalue weighted by Gasteiger charge is -2.37. The van der Waals surface area contributed by atoms with Crippen molar-refractivity contribution in [2.45, 2.75) is 51.1 Å². The minimum Gasteiger partial charge on any atom is -0.490 e. The fourth-order valence-corrected chi connectivity index (χ4v) is 6.84. The molecule has 1 fully saturated rings. The van der Waals surface area contributed by atoms with Gasteiger partial charge in [-0.05, 0) is 80.2 Å². The number of nitrogens with zero attached hydrogens (tertiary/aromatic N) is 3. The Hall–Kier alpha value is -4.30. The molecule has 0 aliphatic carbocycles. The molecule has 3 amide bonds. The Kier molecular flexibility index (Phi) is 8.62. The third-order valence-corrected chi connectivity index (χ3v) is 9.22. The minimum absolute atomic E-state index is 0.127. The van der Waals surface area contributed by atoms with Gasteiger partial charge in [-0.3, -0.25) is 4.79 Å². The molecule has 0 radical (unpaired) electrons. The largest absolute Gasteiger partial charge is 0.490 e. The van der Waals surface area contributed by atoms with E-state index in [1.165, 1.54) is 11.1 Å². The number of aryl methyl sites for hydroxylation is 1. The summed E-state index contributed by atoms with van der Waals surface area (Å²) in [5.74, 6) is 0.722. The first-order chi connectivity index (χ1) is 21.3. The topological polar surface area (TPSA) is 80.9 Å². The number of benzene rings is 3. The van der Waals surface area contributed by atoms with Crippen LogP contribution in [0.1, 0.15) is 53.9 Å². The van der Waals surface area contributed by atoms with E-state index in [-0.39, 0.29) is 17.9 Å². The lowest BCUT2D eigenvalue weighted by molar-refractivity contribution is -0.121. The maximum Gasteiger partial charge on any atom is 0.318 e. The molecule has 3 heterocycles. The SMILES string of the molecule is Cc1ccccc1C1CCN(C(=O)N[C@@H](C(=O)N2CCOc3ccc(CN(C)C)cc32)[C@@H](C)c2c[nH]c3ccccc23)CC1. The number of carbonyl (C=O) groups excluding carboxylic acids is 2. The fourth-order valence-electron chi connectivity index (χ4n) is 6.84. The third kappa shape index (κ3) is 6.04. The number of anilines is 1. The van der Waals surface area contributed by atoms with Gasteiger partial charge in [0.25, 0.3) is 0 Å². The molecule has 0 saturated carbocycles. The summed E-state index contributed by atoms with van der Waals surface area (Å²) in [7, 11) is 4.05. The predicted octanol–water partition coefficient (Wildman–Crippen LogP) is 6.02. The van der Waals surface area contributed by atoms with Crippen LogP contribution in [0.5, 0.6) is 5.75 Å². The van der Waals surface area contributed by atoms with Gasteiger partial charge in [-0.2, -0.15) is 0 Å². The number of hydrogen-bond acceptors (Lipinski definition) is 4. The number of aromatic nitrogens is 1. The standard InChI is InChI=1S/C36H43N5O3/c1-24-9-5-6-10-28(24)27-15-17-40(18-16-27)36(43)38-34(25(2)30-22-37-31-12-8-7-11-29(30)31)35(42)41-19-20-44-33-14-13-26(21-32(33)41)23-39(3)4/h5-14,21-22,25,27,34,37H,15-20,23H2,1-4H3,(H,38,43)/t25-,34+/m0/s1. The van der Waals surface area contributed by atoms with Gasteiger partial charge in [0.1, 0.15) is 18.4 Å². The Morgan fingerprint density at radius 2 is 1.77 bits per heavy atom. The summed E-state index contributed by atoms with van der Waals surface area (Å²) in [6.45, 7) is 7.08. The maximum absolute atomic E-state index is 14.6. The fraction of sp³-hybridized carbons (Fsp3) is 0.389. The summed E-state index contributed by atoms with van der Waals surface area (Å²) in [5, 5.41) is 4.27. The highest BCUT2D eigenvalue weighted by atomic mass is 16.5. The monoisotopic (exact) mass is 593 g/mol. The number of aromatic amines is 1. The van der Waals surface area contributed by atoms with Crippen LogP contribution in [-0.4, -0.2) is 73.1 Å². The van der Waals surface area contributed by atoms with Crippen LogP contribution in [0.25, 0.3) is 10.9 Å². The Morgan fingerprint density at radius 1 is 1.02 bits per heavy atom. The van der Waals surface area contributed by atoms with Gasteiger partial charge in [-0.1, -0.05) is 55.5 Å². The second-order valence-corrected chi connectivity index (χ2v) is 12.5. The van der Waals surface area contributed by atoms with Crippen molar-refractivity contribution in [1.29, 1.82) is 0 Å². The highest BCUT2D eigenvalue weighted by molar-refractivity contribution is 6.01. The van der Waals surface area contributed by atoms with Crippen molar-refractivity contribution in [2.75, 3.05) is 45.2 Å². The number of carbonyl (C=O) groups is 2. The predicted molar refractivity (Wildman–Crippen MR) is 175 cm³/mol. The quantitative estimate of drug-likeness (QED) is 0.275. The molecule has 0 unspecified atom stereocenters. The molecule has 1 aromatic heterocycles. The maximum atomic E-state index is 14.6. The van der Waals surface area contributed by atoms with E-state index in [1.54, 1.807) is 4.90 Å². The Labute approximate surface area is 260 Å². The second-order valence-electron chi connectivity index (χ2n) is 12.5. The average molecular weight is 594 g/mol. The van der Waals surface area contributed by atoms with Crippen LogP contribution in [0.2, 0.25) is 0 Å². The summed E-state index contributed by atoms with van der Waals surface area (Å²) in [6, 6.07) is 21.7. The number of urea groups is 1. The van der Waals surface area contributed by atoms with E-state index in [9.17, 15) is 9.59 Å². The van der Waals surface area contributed by atoms with E-state index >= 15 is 0 Å². The Bertz CT molecular complexity index is 1640. The van der Waals surface area contributed by atoms with Crippen LogP contribution in [0, 0.1) is 6.92 Å². The van der Waals surface area contributed by atoms with E-state index in [1.807, 2.05) is 68.5 Å². The Balaban J connectivity index is 1.27. The van der Waals surface area contributed by atoms with Crippen LogP contribution >= 0.6 is 0 Å². The number of rotatable bonds is 7. The number of H-pyrrole nitrogens is 1. The third-order valence-electron chi connectivity index (χ3n) is 9.22. The molecule has 44 heavy (non-hydrogen) atoms. The lowest BCUT2D eigenvalue weighted by atomic mass is 9.87. The van der Waals surface area contributed by atoms with Crippen molar-refractivity contribution in [3.8, 4) is 5.75 Å². The van der Waals surface area contributed by atoms with Crippen LogP contribution in [-0.2, 0) is 11.3 Å². The molecular formula is C36H43N5O3. The van der Waals surface area contributed by atoms with E-state index in [0.717, 1.165) is 47.1 Å². The first-order valence-corrected chi connectivity index (χ1v) is 15.7. The number of hydrogen-bond donors (Lipinski definition) is 2. The number of likely N-dealkylation sites (tertiary alicyclic amines) is 1.